The van der Waals surface area contributed by atoms with Crippen LogP contribution in [0.2, 0.25) is 0 Å². The lowest BCUT2D eigenvalue weighted by Gasteiger charge is -2.35. The molecule has 22 heavy (non-hydrogen) atoms. The van der Waals surface area contributed by atoms with Crippen molar-refractivity contribution in [3.8, 4) is 0 Å². The third kappa shape index (κ3) is 3.45. The Kier molecular flexibility index (Phi) is 5.83. The summed E-state index contributed by atoms with van der Waals surface area (Å²) in [4.78, 5) is 29.7. The van der Waals surface area contributed by atoms with Gasteiger partial charge in [-0.1, -0.05) is 6.07 Å². The first-order valence-corrected chi connectivity index (χ1v) is 8.41. The summed E-state index contributed by atoms with van der Waals surface area (Å²) >= 11 is 1.44. The number of hydrogen-bond donors (Lipinski definition) is 1. The van der Waals surface area contributed by atoms with Crippen LogP contribution in [0.15, 0.2) is 17.5 Å². The van der Waals surface area contributed by atoms with Gasteiger partial charge in [-0.15, -0.1) is 23.7 Å². The molecule has 0 radical (unpaired) electrons. The lowest BCUT2D eigenvalue weighted by molar-refractivity contribution is -0.136. The van der Waals surface area contributed by atoms with Crippen molar-refractivity contribution in [2.24, 2.45) is 0 Å². The van der Waals surface area contributed by atoms with Crippen LogP contribution in [0.5, 0.6) is 0 Å². The zero-order chi connectivity index (χ0) is 14.8. The molecule has 0 aliphatic carbocycles. The first kappa shape index (κ1) is 17.2. The van der Waals surface area contributed by atoms with Gasteiger partial charge >= 0.3 is 0 Å². The van der Waals surface area contributed by atoms with Gasteiger partial charge in [0.15, 0.2) is 0 Å². The number of nitrogens with one attached hydrogen (secondary N) is 1. The molecule has 0 spiro atoms. The van der Waals surface area contributed by atoms with Gasteiger partial charge in [-0.3, -0.25) is 9.59 Å². The molecule has 122 valence electrons. The molecule has 2 unspecified atom stereocenters. The molecule has 3 rings (SSSR count). The molecule has 2 atom stereocenters. The number of carbonyl (C=O) groups excluding carboxylic acids is 2. The minimum Gasteiger partial charge on any atom is -0.338 e. The van der Waals surface area contributed by atoms with E-state index in [-0.39, 0.29) is 30.3 Å². The summed E-state index contributed by atoms with van der Waals surface area (Å²) in [6.07, 6.45) is 1.70. The van der Waals surface area contributed by atoms with Crippen LogP contribution in [0, 0.1) is 0 Å². The Balaban J connectivity index is 0.00000176. The number of nitrogens with zero attached hydrogens (tertiary/aromatic N) is 2. The summed E-state index contributed by atoms with van der Waals surface area (Å²) in [5, 5.41) is 5.24. The van der Waals surface area contributed by atoms with Crippen LogP contribution in [0.1, 0.15) is 29.4 Å². The highest BCUT2D eigenvalue weighted by atomic mass is 35.5. The Morgan fingerprint density at radius 3 is 2.86 bits per heavy atom. The molecule has 7 heteroatoms. The van der Waals surface area contributed by atoms with Crippen LogP contribution in [0.25, 0.3) is 0 Å². The summed E-state index contributed by atoms with van der Waals surface area (Å²) in [6, 6.07) is 3.76. The number of likely N-dealkylation sites (tertiary alicyclic amines) is 1. The van der Waals surface area contributed by atoms with Gasteiger partial charge in [0.2, 0.25) is 5.91 Å². The first-order chi connectivity index (χ1) is 10.2. The standard InChI is InChI=1S/C15H21N3O2S.ClH/c1-11-10-17(8-6-16-11)14(19)12-4-2-7-18(12)15(20)13-5-3-9-21-13;/h3,5,9,11-12,16H,2,4,6-8,10H2,1H3;1H. The molecule has 2 aliphatic heterocycles. The maximum Gasteiger partial charge on any atom is 0.264 e. The normalized spacial score (nSPS) is 25.0. The molecule has 1 aromatic rings. The van der Waals surface area contributed by atoms with Crippen molar-refractivity contribution in [3.63, 3.8) is 0 Å². The van der Waals surface area contributed by atoms with Crippen LogP contribution in [0.4, 0.5) is 0 Å². The van der Waals surface area contributed by atoms with E-state index in [4.69, 9.17) is 0 Å². The van der Waals surface area contributed by atoms with Crippen LogP contribution in [-0.4, -0.2) is 59.9 Å². The number of amides is 2. The van der Waals surface area contributed by atoms with E-state index in [0.717, 1.165) is 37.4 Å². The van der Waals surface area contributed by atoms with E-state index in [2.05, 4.69) is 12.2 Å². The van der Waals surface area contributed by atoms with Crippen LogP contribution in [0.3, 0.4) is 0 Å². The quantitative estimate of drug-likeness (QED) is 0.887. The van der Waals surface area contributed by atoms with Crippen molar-refractivity contribution in [2.75, 3.05) is 26.2 Å². The van der Waals surface area contributed by atoms with Crippen molar-refractivity contribution < 1.29 is 9.59 Å². The minimum absolute atomic E-state index is 0. The maximum absolute atomic E-state index is 12.7. The molecule has 2 aliphatic rings. The second-order valence-corrected chi connectivity index (χ2v) is 6.72. The van der Waals surface area contributed by atoms with Gasteiger partial charge in [-0.25, -0.2) is 0 Å². The molecule has 5 nitrogen and oxygen atoms in total. The Labute approximate surface area is 141 Å². The predicted octanol–water partition coefficient (Wildman–Crippen LogP) is 1.59. The van der Waals surface area contributed by atoms with E-state index < -0.39 is 0 Å². The van der Waals surface area contributed by atoms with E-state index in [0.29, 0.717) is 12.6 Å². The highest BCUT2D eigenvalue weighted by molar-refractivity contribution is 7.12. The molecule has 0 saturated carbocycles. The summed E-state index contributed by atoms with van der Waals surface area (Å²) in [6.45, 7) is 5.08. The first-order valence-electron chi connectivity index (χ1n) is 7.53. The Morgan fingerprint density at radius 1 is 1.36 bits per heavy atom. The monoisotopic (exact) mass is 343 g/mol. The SMILES string of the molecule is CC1CN(C(=O)C2CCCN2C(=O)c2cccs2)CCN1.Cl. The molecular formula is C15H22ClN3O2S. The highest BCUT2D eigenvalue weighted by Gasteiger charge is 2.37. The Morgan fingerprint density at radius 2 is 2.18 bits per heavy atom. The zero-order valence-electron chi connectivity index (χ0n) is 12.7. The average Bonchev–Trinajstić information content (AvgIpc) is 3.17. The Hall–Kier alpha value is -1.11. The van der Waals surface area contributed by atoms with E-state index in [1.165, 1.54) is 11.3 Å². The number of piperazine rings is 1. The molecule has 3 heterocycles. The van der Waals surface area contributed by atoms with Crippen LogP contribution < -0.4 is 5.32 Å². The molecule has 0 bridgehead atoms. The second-order valence-electron chi connectivity index (χ2n) is 5.77. The zero-order valence-corrected chi connectivity index (χ0v) is 14.3. The van der Waals surface area contributed by atoms with Gasteiger partial charge in [0.25, 0.3) is 5.91 Å². The van der Waals surface area contributed by atoms with Gasteiger partial charge in [-0.05, 0) is 31.2 Å². The van der Waals surface area contributed by atoms with Crippen molar-refractivity contribution in [3.05, 3.63) is 22.4 Å². The molecule has 2 fully saturated rings. The number of carbonyl (C=O) groups is 2. The van der Waals surface area contributed by atoms with E-state index in [1.54, 1.807) is 4.90 Å². The van der Waals surface area contributed by atoms with Crippen molar-refractivity contribution in [2.45, 2.75) is 31.8 Å². The van der Waals surface area contributed by atoms with Gasteiger partial charge in [0, 0.05) is 32.2 Å². The smallest absolute Gasteiger partial charge is 0.264 e. The fourth-order valence-corrected chi connectivity index (χ4v) is 3.83. The third-order valence-corrected chi connectivity index (χ3v) is 5.07. The summed E-state index contributed by atoms with van der Waals surface area (Å²) in [5.74, 6) is 0.120. The van der Waals surface area contributed by atoms with Crippen molar-refractivity contribution >= 4 is 35.6 Å². The number of halogens is 1. The third-order valence-electron chi connectivity index (χ3n) is 4.21. The number of thiophene rings is 1. The van der Waals surface area contributed by atoms with Gasteiger partial charge in [0.05, 0.1) is 4.88 Å². The summed E-state index contributed by atoms with van der Waals surface area (Å²) in [5.41, 5.74) is 0. The van der Waals surface area contributed by atoms with E-state index >= 15 is 0 Å². The van der Waals surface area contributed by atoms with Crippen molar-refractivity contribution in [1.82, 2.24) is 15.1 Å². The highest BCUT2D eigenvalue weighted by Crippen LogP contribution is 2.24. The molecule has 2 saturated heterocycles. The van der Waals surface area contributed by atoms with E-state index in [9.17, 15) is 9.59 Å². The maximum atomic E-state index is 12.7. The van der Waals surface area contributed by atoms with Gasteiger partial charge in [0.1, 0.15) is 6.04 Å². The summed E-state index contributed by atoms with van der Waals surface area (Å²) in [7, 11) is 0. The fraction of sp³-hybridized carbons (Fsp3) is 0.600. The summed E-state index contributed by atoms with van der Waals surface area (Å²) < 4.78 is 0. The Bertz CT molecular complexity index is 523. The van der Waals surface area contributed by atoms with Gasteiger partial charge in [-0.2, -0.15) is 0 Å². The average molecular weight is 344 g/mol. The van der Waals surface area contributed by atoms with Gasteiger partial charge < -0.3 is 15.1 Å². The minimum atomic E-state index is -0.273. The van der Waals surface area contributed by atoms with E-state index in [1.807, 2.05) is 22.4 Å². The second kappa shape index (κ2) is 7.44. The van der Waals surface area contributed by atoms with Crippen LogP contribution in [-0.2, 0) is 4.79 Å². The largest absolute Gasteiger partial charge is 0.338 e. The molecule has 1 N–H and O–H groups in total. The van der Waals surface area contributed by atoms with Crippen molar-refractivity contribution in [1.29, 1.82) is 0 Å². The molecular weight excluding hydrogens is 322 g/mol. The number of rotatable bonds is 2. The fourth-order valence-electron chi connectivity index (χ4n) is 3.15. The predicted molar refractivity (Wildman–Crippen MR) is 89.7 cm³/mol. The lowest BCUT2D eigenvalue weighted by Crippen LogP contribution is -2.56. The molecule has 2 amide bonds. The lowest BCUT2D eigenvalue weighted by atomic mass is 10.1. The molecule has 1 aromatic heterocycles. The topological polar surface area (TPSA) is 52.7 Å². The molecule has 0 aromatic carbocycles. The number of hydrogen-bond acceptors (Lipinski definition) is 4. The van der Waals surface area contributed by atoms with Crippen LogP contribution >= 0.6 is 23.7 Å².